The molecule has 0 unspecified atom stereocenters. The lowest BCUT2D eigenvalue weighted by Gasteiger charge is -2.13. The van der Waals surface area contributed by atoms with Crippen LogP contribution >= 0.6 is 34.4 Å². The molecule has 1 N–H and O–H groups in total. The van der Waals surface area contributed by atoms with Crippen LogP contribution in [0.3, 0.4) is 0 Å². The summed E-state index contributed by atoms with van der Waals surface area (Å²) in [6.45, 7) is 2.68. The Morgan fingerprint density at radius 2 is 2.00 bits per heavy atom. The van der Waals surface area contributed by atoms with Crippen LogP contribution in [0, 0.1) is 3.57 Å². The summed E-state index contributed by atoms with van der Waals surface area (Å²) in [5.41, 5.74) is 1.72. The van der Waals surface area contributed by atoms with Gasteiger partial charge in [0.15, 0.2) is 5.17 Å². The Morgan fingerprint density at radius 3 is 2.68 bits per heavy atom. The normalized spacial score (nSPS) is 17.7. The number of aromatic hydroxyl groups is 1. The maximum Gasteiger partial charge on any atom is 0.266 e. The lowest BCUT2D eigenvalue weighted by Crippen LogP contribution is -2.29. The molecule has 0 aromatic heterocycles. The fourth-order valence-electron chi connectivity index (χ4n) is 2.39. The number of aliphatic imine (C=N–C) groups is 1. The first-order valence-corrected chi connectivity index (χ1v) is 9.81. The Kier molecular flexibility index (Phi) is 5.80. The van der Waals surface area contributed by atoms with Gasteiger partial charge in [0.2, 0.25) is 0 Å². The van der Waals surface area contributed by atoms with Gasteiger partial charge < -0.3 is 5.11 Å². The standard InChI is InChI=1S/C19H17IN2O2S/c1-2-10-22-18(24)17(12-13-8-9-16(23)15(20)11-13)25-19(22)21-14-6-4-3-5-7-14/h3-9,11-12,23H,2,10H2,1H3/b17-12-,21-19?. The van der Waals surface area contributed by atoms with E-state index in [9.17, 15) is 9.90 Å². The van der Waals surface area contributed by atoms with Crippen LogP contribution in [0.15, 0.2) is 58.4 Å². The van der Waals surface area contributed by atoms with Gasteiger partial charge in [-0.25, -0.2) is 4.99 Å². The second-order valence-corrected chi connectivity index (χ2v) is 7.68. The second kappa shape index (κ2) is 8.05. The summed E-state index contributed by atoms with van der Waals surface area (Å²) < 4.78 is 0.756. The van der Waals surface area contributed by atoms with Crippen LogP contribution in [0.25, 0.3) is 6.08 Å². The van der Waals surface area contributed by atoms with E-state index in [2.05, 4.69) is 27.6 Å². The molecule has 1 fully saturated rings. The van der Waals surface area contributed by atoms with Crippen LogP contribution in [0.4, 0.5) is 5.69 Å². The van der Waals surface area contributed by atoms with E-state index in [1.165, 1.54) is 11.8 Å². The van der Waals surface area contributed by atoms with Crippen molar-refractivity contribution in [2.45, 2.75) is 13.3 Å². The smallest absolute Gasteiger partial charge is 0.266 e. The number of hydrogen-bond donors (Lipinski definition) is 1. The van der Waals surface area contributed by atoms with Crippen molar-refractivity contribution in [1.29, 1.82) is 0 Å². The number of amides is 1. The van der Waals surface area contributed by atoms with E-state index in [-0.39, 0.29) is 11.7 Å². The Balaban J connectivity index is 1.94. The number of phenols is 1. The van der Waals surface area contributed by atoms with Gasteiger partial charge in [0.25, 0.3) is 5.91 Å². The van der Waals surface area contributed by atoms with Crippen molar-refractivity contribution >= 4 is 57.2 Å². The van der Waals surface area contributed by atoms with Crippen LogP contribution in [0.5, 0.6) is 5.75 Å². The number of amidine groups is 1. The summed E-state index contributed by atoms with van der Waals surface area (Å²) in [6.07, 6.45) is 2.72. The molecule has 25 heavy (non-hydrogen) atoms. The maximum absolute atomic E-state index is 12.8. The number of thioether (sulfide) groups is 1. The predicted molar refractivity (Wildman–Crippen MR) is 112 cm³/mol. The van der Waals surface area contributed by atoms with Gasteiger partial charge in [0, 0.05) is 6.54 Å². The van der Waals surface area contributed by atoms with Gasteiger partial charge in [-0.3, -0.25) is 9.69 Å². The van der Waals surface area contributed by atoms with Crippen molar-refractivity contribution in [2.24, 2.45) is 4.99 Å². The van der Waals surface area contributed by atoms with Gasteiger partial charge in [-0.2, -0.15) is 0 Å². The second-order valence-electron chi connectivity index (χ2n) is 5.51. The quantitative estimate of drug-likeness (QED) is 0.511. The summed E-state index contributed by atoms with van der Waals surface area (Å²) in [5, 5.41) is 10.4. The van der Waals surface area contributed by atoms with E-state index in [1.54, 1.807) is 17.0 Å². The highest BCUT2D eigenvalue weighted by atomic mass is 127. The molecule has 2 aromatic carbocycles. The number of rotatable bonds is 4. The molecule has 128 valence electrons. The largest absolute Gasteiger partial charge is 0.507 e. The molecular weight excluding hydrogens is 447 g/mol. The van der Waals surface area contributed by atoms with E-state index in [1.807, 2.05) is 49.4 Å². The van der Waals surface area contributed by atoms with E-state index in [0.717, 1.165) is 21.2 Å². The molecule has 6 heteroatoms. The number of carbonyl (C=O) groups excluding carboxylic acids is 1. The molecule has 2 aromatic rings. The molecule has 0 spiro atoms. The fraction of sp³-hybridized carbons (Fsp3) is 0.158. The molecule has 1 aliphatic rings. The van der Waals surface area contributed by atoms with Crippen molar-refractivity contribution in [2.75, 3.05) is 6.54 Å². The molecule has 0 radical (unpaired) electrons. The minimum atomic E-state index is -0.0235. The van der Waals surface area contributed by atoms with Crippen LogP contribution in [-0.2, 0) is 4.79 Å². The van der Waals surface area contributed by atoms with Gasteiger partial charge in [-0.1, -0.05) is 31.2 Å². The Hall–Kier alpha value is -1.80. The SMILES string of the molecule is CCCN1C(=O)/C(=C/c2ccc(O)c(I)c2)SC1=Nc1ccccc1. The summed E-state index contributed by atoms with van der Waals surface area (Å²) in [6, 6.07) is 14.9. The third-order valence-corrected chi connectivity index (χ3v) is 5.46. The number of carbonyl (C=O) groups is 1. The monoisotopic (exact) mass is 464 g/mol. The van der Waals surface area contributed by atoms with Crippen LogP contribution in [-0.4, -0.2) is 27.6 Å². The molecule has 0 atom stereocenters. The molecule has 0 aliphatic carbocycles. The molecule has 1 amide bonds. The first-order chi connectivity index (χ1) is 12.1. The van der Waals surface area contributed by atoms with Gasteiger partial charge in [-0.15, -0.1) is 0 Å². The molecule has 0 bridgehead atoms. The van der Waals surface area contributed by atoms with Crippen LogP contribution < -0.4 is 0 Å². The van der Waals surface area contributed by atoms with Crippen molar-refractivity contribution < 1.29 is 9.90 Å². The zero-order valence-corrected chi connectivity index (χ0v) is 16.6. The van der Waals surface area contributed by atoms with Gasteiger partial charge in [0.05, 0.1) is 14.2 Å². The molecule has 1 saturated heterocycles. The Morgan fingerprint density at radius 1 is 1.24 bits per heavy atom. The molecule has 3 rings (SSSR count). The molecule has 1 heterocycles. The lowest BCUT2D eigenvalue weighted by atomic mass is 10.2. The van der Waals surface area contributed by atoms with Crippen LogP contribution in [0.1, 0.15) is 18.9 Å². The van der Waals surface area contributed by atoms with Crippen LogP contribution in [0.2, 0.25) is 0 Å². The van der Waals surface area contributed by atoms with Crippen molar-refractivity contribution in [1.82, 2.24) is 4.90 Å². The number of hydrogen-bond acceptors (Lipinski definition) is 4. The number of benzene rings is 2. The topological polar surface area (TPSA) is 52.9 Å². The Bertz CT molecular complexity index is 850. The third-order valence-electron chi connectivity index (χ3n) is 3.59. The summed E-state index contributed by atoms with van der Waals surface area (Å²) in [7, 11) is 0. The average molecular weight is 464 g/mol. The lowest BCUT2D eigenvalue weighted by molar-refractivity contribution is -0.122. The first kappa shape index (κ1) is 18.0. The molecule has 0 saturated carbocycles. The van der Waals surface area contributed by atoms with Gasteiger partial charge in [-0.05, 0) is 76.7 Å². The van der Waals surface area contributed by atoms with E-state index in [0.29, 0.717) is 16.6 Å². The number of phenolic OH excluding ortho intramolecular Hbond substituents is 1. The zero-order valence-electron chi connectivity index (χ0n) is 13.6. The van der Waals surface area contributed by atoms with E-state index in [4.69, 9.17) is 0 Å². The highest BCUT2D eigenvalue weighted by molar-refractivity contribution is 14.1. The average Bonchev–Trinajstić information content (AvgIpc) is 2.88. The number of para-hydroxylation sites is 1. The molecular formula is C19H17IN2O2S. The minimum absolute atomic E-state index is 0.0235. The highest BCUT2D eigenvalue weighted by Gasteiger charge is 2.32. The van der Waals surface area contributed by atoms with E-state index >= 15 is 0 Å². The van der Waals surface area contributed by atoms with Crippen molar-refractivity contribution in [3.05, 3.63) is 62.6 Å². The number of halogens is 1. The summed E-state index contributed by atoms with van der Waals surface area (Å²) in [5.74, 6) is 0.219. The van der Waals surface area contributed by atoms with Gasteiger partial charge >= 0.3 is 0 Å². The fourth-order valence-corrected chi connectivity index (χ4v) is 3.95. The predicted octanol–water partition coefficient (Wildman–Crippen LogP) is 5.01. The molecule has 1 aliphatic heterocycles. The number of nitrogens with zero attached hydrogens (tertiary/aromatic N) is 2. The van der Waals surface area contributed by atoms with Crippen molar-refractivity contribution in [3.63, 3.8) is 0 Å². The maximum atomic E-state index is 12.8. The first-order valence-electron chi connectivity index (χ1n) is 7.92. The van der Waals surface area contributed by atoms with E-state index < -0.39 is 0 Å². The van der Waals surface area contributed by atoms with Crippen molar-refractivity contribution in [3.8, 4) is 5.75 Å². The zero-order chi connectivity index (χ0) is 17.8. The summed E-state index contributed by atoms with van der Waals surface area (Å²) >= 11 is 3.46. The Labute approximate surface area is 164 Å². The highest BCUT2D eigenvalue weighted by Crippen LogP contribution is 2.34. The third kappa shape index (κ3) is 4.24. The van der Waals surface area contributed by atoms with Gasteiger partial charge in [0.1, 0.15) is 5.75 Å². The molecule has 4 nitrogen and oxygen atoms in total. The minimum Gasteiger partial charge on any atom is -0.507 e. The summed E-state index contributed by atoms with van der Waals surface area (Å²) in [4.78, 5) is 19.8.